The number of halogens is 2. The Kier molecular flexibility index (Phi) is 3.73. The van der Waals surface area contributed by atoms with Crippen LogP contribution in [0.5, 0.6) is 0 Å². The van der Waals surface area contributed by atoms with Gasteiger partial charge in [0.15, 0.2) is 0 Å². The van der Waals surface area contributed by atoms with Gasteiger partial charge in [0.25, 0.3) is 0 Å². The lowest BCUT2D eigenvalue weighted by Gasteiger charge is -2.24. The van der Waals surface area contributed by atoms with E-state index in [9.17, 15) is 9.59 Å². The minimum absolute atomic E-state index is 0.0308. The Morgan fingerprint density at radius 3 is 2.70 bits per heavy atom. The molecule has 2 aliphatic rings. The van der Waals surface area contributed by atoms with Crippen LogP contribution in [-0.4, -0.2) is 24.4 Å². The van der Waals surface area contributed by atoms with Crippen LogP contribution in [0.4, 0.5) is 5.69 Å². The molecular formula is C14H14BrClN2O2. The fourth-order valence-corrected chi connectivity index (χ4v) is 2.88. The molecule has 4 nitrogen and oxygen atoms in total. The number of amides is 2. The highest BCUT2D eigenvalue weighted by atomic mass is 79.9. The van der Waals surface area contributed by atoms with Gasteiger partial charge in [-0.05, 0) is 52.9 Å². The highest BCUT2D eigenvalue weighted by Gasteiger charge is 2.41. The number of hydrogen-bond acceptors (Lipinski definition) is 2. The topological polar surface area (TPSA) is 49.4 Å². The highest BCUT2D eigenvalue weighted by Crippen LogP contribution is 2.35. The molecular weight excluding hydrogens is 344 g/mol. The molecule has 1 saturated carbocycles. The SMILES string of the molecule is O=C1CCN(c2ccc(Br)c(Cl)c2)C(=O)C(C2CC2)N1. The van der Waals surface area contributed by atoms with Crippen molar-refractivity contribution in [2.24, 2.45) is 5.92 Å². The number of rotatable bonds is 2. The number of benzene rings is 1. The van der Waals surface area contributed by atoms with E-state index in [0.717, 1.165) is 23.0 Å². The lowest BCUT2D eigenvalue weighted by atomic mass is 10.1. The number of nitrogens with zero attached hydrogens (tertiary/aromatic N) is 1. The van der Waals surface area contributed by atoms with Crippen LogP contribution in [-0.2, 0) is 9.59 Å². The molecule has 1 aromatic carbocycles. The van der Waals surface area contributed by atoms with Gasteiger partial charge in [-0.25, -0.2) is 0 Å². The second-order valence-corrected chi connectivity index (χ2v) is 6.48. The zero-order chi connectivity index (χ0) is 14.3. The molecule has 6 heteroatoms. The third-order valence-electron chi connectivity index (χ3n) is 3.72. The molecule has 1 unspecified atom stereocenters. The maximum Gasteiger partial charge on any atom is 0.249 e. The summed E-state index contributed by atoms with van der Waals surface area (Å²) < 4.78 is 0.790. The molecule has 1 aliphatic carbocycles. The molecule has 1 aliphatic heterocycles. The molecule has 3 rings (SSSR count). The third kappa shape index (κ3) is 2.69. The Bertz CT molecular complexity index is 574. The molecule has 20 heavy (non-hydrogen) atoms. The van der Waals surface area contributed by atoms with Gasteiger partial charge in [0.05, 0.1) is 5.02 Å². The number of nitrogens with one attached hydrogen (secondary N) is 1. The molecule has 1 saturated heterocycles. The standard InChI is InChI=1S/C14H14BrClN2O2/c15-10-4-3-9(7-11(10)16)18-6-5-12(19)17-13(14(18)20)8-1-2-8/h3-4,7-8,13H,1-2,5-6H2,(H,17,19). The minimum Gasteiger partial charge on any atom is -0.344 e. The third-order valence-corrected chi connectivity index (χ3v) is 4.95. The van der Waals surface area contributed by atoms with E-state index in [1.165, 1.54) is 0 Å². The largest absolute Gasteiger partial charge is 0.344 e. The molecule has 106 valence electrons. The van der Waals surface area contributed by atoms with E-state index in [4.69, 9.17) is 11.6 Å². The van der Waals surface area contributed by atoms with Crippen LogP contribution in [0.25, 0.3) is 0 Å². The van der Waals surface area contributed by atoms with Crippen molar-refractivity contribution in [2.75, 3.05) is 11.4 Å². The first-order valence-electron chi connectivity index (χ1n) is 6.62. The maximum atomic E-state index is 12.6. The van der Waals surface area contributed by atoms with Crippen LogP contribution < -0.4 is 10.2 Å². The zero-order valence-electron chi connectivity index (χ0n) is 10.7. The summed E-state index contributed by atoms with van der Waals surface area (Å²) in [4.78, 5) is 26.0. The molecule has 2 amide bonds. The normalized spacial score (nSPS) is 23.5. The lowest BCUT2D eigenvalue weighted by molar-refractivity contribution is -0.126. The van der Waals surface area contributed by atoms with Gasteiger partial charge in [-0.1, -0.05) is 11.6 Å². The van der Waals surface area contributed by atoms with Crippen molar-refractivity contribution in [3.05, 3.63) is 27.7 Å². The minimum atomic E-state index is -0.382. The lowest BCUT2D eigenvalue weighted by Crippen LogP contribution is -2.46. The number of carbonyl (C=O) groups is 2. The maximum absolute atomic E-state index is 12.6. The van der Waals surface area contributed by atoms with E-state index in [2.05, 4.69) is 21.2 Å². The van der Waals surface area contributed by atoms with Crippen molar-refractivity contribution in [3.8, 4) is 0 Å². The van der Waals surface area contributed by atoms with Crippen molar-refractivity contribution in [3.63, 3.8) is 0 Å². The van der Waals surface area contributed by atoms with Gasteiger partial charge in [-0.2, -0.15) is 0 Å². The summed E-state index contributed by atoms with van der Waals surface area (Å²) in [5.74, 6) is 0.204. The first-order valence-corrected chi connectivity index (χ1v) is 7.79. The molecule has 0 aromatic heterocycles. The van der Waals surface area contributed by atoms with Crippen molar-refractivity contribution in [2.45, 2.75) is 25.3 Å². The van der Waals surface area contributed by atoms with Gasteiger partial charge in [0.1, 0.15) is 6.04 Å². The second-order valence-electron chi connectivity index (χ2n) is 5.22. The van der Waals surface area contributed by atoms with E-state index < -0.39 is 0 Å². The van der Waals surface area contributed by atoms with E-state index in [1.807, 2.05) is 12.1 Å². The Labute approximate surface area is 130 Å². The summed E-state index contributed by atoms with van der Waals surface area (Å²) in [6.07, 6.45) is 2.33. The van der Waals surface area contributed by atoms with Crippen LogP contribution in [0.2, 0.25) is 5.02 Å². The van der Waals surface area contributed by atoms with Crippen molar-refractivity contribution >= 4 is 45.0 Å². The van der Waals surface area contributed by atoms with Crippen LogP contribution >= 0.6 is 27.5 Å². The first-order chi connectivity index (χ1) is 9.56. The van der Waals surface area contributed by atoms with Crippen molar-refractivity contribution < 1.29 is 9.59 Å². The number of carbonyl (C=O) groups excluding carboxylic acids is 2. The average molecular weight is 358 g/mol. The summed E-state index contributed by atoms with van der Waals surface area (Å²) in [7, 11) is 0. The van der Waals surface area contributed by atoms with Crippen LogP contribution in [0.15, 0.2) is 22.7 Å². The predicted octanol–water partition coefficient (Wildman–Crippen LogP) is 2.73. The quantitative estimate of drug-likeness (QED) is 0.885. The van der Waals surface area contributed by atoms with Gasteiger partial charge in [0.2, 0.25) is 11.8 Å². The second kappa shape index (κ2) is 5.37. The van der Waals surface area contributed by atoms with Crippen LogP contribution in [0.3, 0.4) is 0 Å². The molecule has 1 heterocycles. The highest BCUT2D eigenvalue weighted by molar-refractivity contribution is 9.10. The molecule has 1 N–H and O–H groups in total. The Balaban J connectivity index is 1.91. The van der Waals surface area contributed by atoms with Gasteiger partial charge in [-0.15, -0.1) is 0 Å². The van der Waals surface area contributed by atoms with Gasteiger partial charge < -0.3 is 10.2 Å². The van der Waals surface area contributed by atoms with Gasteiger partial charge >= 0.3 is 0 Å². The van der Waals surface area contributed by atoms with E-state index in [0.29, 0.717) is 18.0 Å². The van der Waals surface area contributed by atoms with E-state index in [1.54, 1.807) is 11.0 Å². The van der Waals surface area contributed by atoms with Gasteiger partial charge in [0, 0.05) is 23.1 Å². The fourth-order valence-electron chi connectivity index (χ4n) is 2.46. The van der Waals surface area contributed by atoms with Gasteiger partial charge in [-0.3, -0.25) is 9.59 Å². The predicted molar refractivity (Wildman–Crippen MR) is 80.8 cm³/mol. The van der Waals surface area contributed by atoms with Crippen molar-refractivity contribution in [1.29, 1.82) is 0 Å². The number of anilines is 1. The monoisotopic (exact) mass is 356 g/mol. The zero-order valence-corrected chi connectivity index (χ0v) is 13.1. The summed E-state index contributed by atoms with van der Waals surface area (Å²) >= 11 is 9.43. The van der Waals surface area contributed by atoms with Crippen LogP contribution in [0.1, 0.15) is 19.3 Å². The smallest absolute Gasteiger partial charge is 0.249 e. The van der Waals surface area contributed by atoms with Crippen molar-refractivity contribution in [1.82, 2.24) is 5.32 Å². The average Bonchev–Trinajstić information content (AvgIpc) is 3.23. The summed E-state index contributed by atoms with van der Waals surface area (Å²) in [6, 6.07) is 5.03. The van der Waals surface area contributed by atoms with E-state index in [-0.39, 0.29) is 23.8 Å². The summed E-state index contributed by atoms with van der Waals surface area (Å²) in [5.41, 5.74) is 0.741. The molecule has 2 fully saturated rings. The Morgan fingerprint density at radius 2 is 2.05 bits per heavy atom. The molecule has 1 aromatic rings. The Hall–Kier alpha value is -1.07. The van der Waals surface area contributed by atoms with E-state index >= 15 is 0 Å². The summed E-state index contributed by atoms with van der Waals surface area (Å²) in [6.45, 7) is 0.395. The molecule has 0 spiro atoms. The Morgan fingerprint density at radius 1 is 1.30 bits per heavy atom. The first kappa shape index (κ1) is 13.9. The summed E-state index contributed by atoms with van der Waals surface area (Å²) in [5, 5.41) is 3.40. The molecule has 0 bridgehead atoms. The molecule has 1 atom stereocenters. The fraction of sp³-hybridized carbons (Fsp3) is 0.429. The molecule has 0 radical (unpaired) electrons. The van der Waals surface area contributed by atoms with Crippen LogP contribution in [0, 0.1) is 5.92 Å². The number of hydrogen-bond donors (Lipinski definition) is 1.